The largest absolute Gasteiger partial charge is 0.455 e. The Labute approximate surface area is 106 Å². The summed E-state index contributed by atoms with van der Waals surface area (Å²) in [7, 11) is 0. The standard InChI is InChI=1S/C8H9F9O3/c9-5(10,7(13,14)15)4-20-8(16,17)6(11,12)3-19-2-1-18/h18H,1-4H2. The van der Waals surface area contributed by atoms with Crippen molar-refractivity contribution in [3.05, 3.63) is 0 Å². The number of hydrogen-bond donors (Lipinski definition) is 1. The van der Waals surface area contributed by atoms with Crippen LogP contribution in [0, 0.1) is 0 Å². The minimum Gasteiger partial charge on any atom is -0.394 e. The van der Waals surface area contributed by atoms with E-state index < -0.39 is 50.6 Å². The lowest BCUT2D eigenvalue weighted by atomic mass is 10.3. The first-order chi connectivity index (χ1) is 8.77. The molecule has 0 heterocycles. The molecule has 0 aromatic heterocycles. The van der Waals surface area contributed by atoms with Crippen LogP contribution in [0.3, 0.4) is 0 Å². The van der Waals surface area contributed by atoms with Crippen molar-refractivity contribution in [1.82, 2.24) is 0 Å². The van der Waals surface area contributed by atoms with Crippen molar-refractivity contribution >= 4 is 0 Å². The summed E-state index contributed by atoms with van der Waals surface area (Å²) in [5, 5.41) is 8.15. The fourth-order valence-electron chi connectivity index (χ4n) is 0.718. The van der Waals surface area contributed by atoms with Gasteiger partial charge in [-0.1, -0.05) is 0 Å². The molecule has 0 atom stereocenters. The van der Waals surface area contributed by atoms with Crippen LogP contribution in [0.1, 0.15) is 0 Å². The van der Waals surface area contributed by atoms with E-state index in [0.717, 1.165) is 0 Å². The van der Waals surface area contributed by atoms with Crippen LogP contribution in [-0.4, -0.2) is 55.7 Å². The second-order valence-corrected chi connectivity index (χ2v) is 3.49. The Morgan fingerprint density at radius 3 is 1.65 bits per heavy atom. The summed E-state index contributed by atoms with van der Waals surface area (Å²) in [5.41, 5.74) is 0. The number of hydrogen-bond acceptors (Lipinski definition) is 3. The fraction of sp³-hybridized carbons (Fsp3) is 1.00. The van der Waals surface area contributed by atoms with Gasteiger partial charge in [0.25, 0.3) is 0 Å². The summed E-state index contributed by atoms with van der Waals surface area (Å²) in [6.45, 7) is -6.55. The summed E-state index contributed by atoms with van der Waals surface area (Å²) in [6, 6.07) is 0. The second-order valence-electron chi connectivity index (χ2n) is 3.49. The summed E-state index contributed by atoms with van der Waals surface area (Å²) in [6.07, 6.45) is -11.8. The maximum absolute atomic E-state index is 12.8. The van der Waals surface area contributed by atoms with Crippen LogP contribution in [0.2, 0.25) is 0 Å². The Morgan fingerprint density at radius 1 is 0.750 bits per heavy atom. The van der Waals surface area contributed by atoms with Gasteiger partial charge >= 0.3 is 24.1 Å². The third kappa shape index (κ3) is 4.98. The molecule has 0 aliphatic rings. The molecule has 0 radical (unpaired) electrons. The van der Waals surface area contributed by atoms with Crippen molar-refractivity contribution in [2.75, 3.05) is 26.4 Å². The molecule has 0 fully saturated rings. The Bertz CT molecular complexity index is 302. The lowest BCUT2D eigenvalue weighted by molar-refractivity contribution is -0.385. The smallest absolute Gasteiger partial charge is 0.394 e. The Kier molecular flexibility index (Phi) is 6.11. The fourth-order valence-corrected chi connectivity index (χ4v) is 0.718. The first-order valence-electron chi connectivity index (χ1n) is 4.79. The zero-order chi connectivity index (χ0) is 16.2. The van der Waals surface area contributed by atoms with Crippen LogP contribution < -0.4 is 0 Å². The van der Waals surface area contributed by atoms with Gasteiger partial charge in [0.05, 0.1) is 13.2 Å². The van der Waals surface area contributed by atoms with E-state index >= 15 is 0 Å². The highest BCUT2D eigenvalue weighted by molar-refractivity contribution is 4.80. The topological polar surface area (TPSA) is 38.7 Å². The van der Waals surface area contributed by atoms with E-state index in [-0.39, 0.29) is 0 Å². The maximum atomic E-state index is 12.8. The normalized spacial score (nSPS) is 14.7. The average molecular weight is 324 g/mol. The minimum atomic E-state index is -6.22. The minimum absolute atomic E-state index is 0.760. The number of aliphatic hydroxyl groups excluding tert-OH is 1. The monoisotopic (exact) mass is 324 g/mol. The predicted octanol–water partition coefficient (Wildman–Crippen LogP) is 2.44. The molecule has 0 rings (SSSR count). The number of halogens is 9. The maximum Gasteiger partial charge on any atom is 0.455 e. The van der Waals surface area contributed by atoms with E-state index in [9.17, 15) is 39.5 Å². The van der Waals surface area contributed by atoms with E-state index in [4.69, 9.17) is 5.11 Å². The third-order valence-corrected chi connectivity index (χ3v) is 1.79. The molecule has 0 aromatic rings. The van der Waals surface area contributed by atoms with Gasteiger partial charge in [-0.05, 0) is 0 Å². The van der Waals surface area contributed by atoms with Crippen LogP contribution in [0.25, 0.3) is 0 Å². The average Bonchev–Trinajstić information content (AvgIpc) is 2.25. The molecule has 0 saturated heterocycles. The Hall–Kier alpha value is -0.750. The van der Waals surface area contributed by atoms with Crippen molar-refractivity contribution in [3.8, 4) is 0 Å². The van der Waals surface area contributed by atoms with Gasteiger partial charge in [0.15, 0.2) is 0 Å². The molecule has 0 amide bonds. The summed E-state index contributed by atoms with van der Waals surface area (Å²) < 4.78 is 117. The van der Waals surface area contributed by atoms with Gasteiger partial charge in [-0.3, -0.25) is 0 Å². The first-order valence-corrected chi connectivity index (χ1v) is 4.79. The van der Waals surface area contributed by atoms with Gasteiger partial charge in [0.1, 0.15) is 13.2 Å². The van der Waals surface area contributed by atoms with Crippen LogP contribution in [-0.2, 0) is 9.47 Å². The van der Waals surface area contributed by atoms with Crippen molar-refractivity contribution in [2.45, 2.75) is 24.1 Å². The van der Waals surface area contributed by atoms with Crippen LogP contribution >= 0.6 is 0 Å². The van der Waals surface area contributed by atoms with Crippen LogP contribution in [0.5, 0.6) is 0 Å². The third-order valence-electron chi connectivity index (χ3n) is 1.79. The van der Waals surface area contributed by atoms with Gasteiger partial charge in [-0.25, -0.2) is 0 Å². The van der Waals surface area contributed by atoms with Crippen LogP contribution in [0.4, 0.5) is 39.5 Å². The molecule has 122 valence electrons. The highest BCUT2D eigenvalue weighted by Crippen LogP contribution is 2.40. The molecule has 3 nitrogen and oxygen atoms in total. The van der Waals surface area contributed by atoms with Crippen molar-refractivity contribution < 1.29 is 54.1 Å². The van der Waals surface area contributed by atoms with Gasteiger partial charge in [-0.2, -0.15) is 39.5 Å². The second kappa shape index (κ2) is 6.35. The van der Waals surface area contributed by atoms with E-state index in [1.54, 1.807) is 0 Å². The molecule has 0 bridgehead atoms. The lowest BCUT2D eigenvalue weighted by Gasteiger charge is -2.28. The van der Waals surface area contributed by atoms with E-state index in [1.807, 2.05) is 0 Å². The molecular formula is C8H9F9O3. The summed E-state index contributed by atoms with van der Waals surface area (Å²) >= 11 is 0. The molecule has 1 N–H and O–H groups in total. The molecular weight excluding hydrogens is 315 g/mol. The molecule has 0 saturated carbocycles. The number of aliphatic hydroxyl groups is 1. The molecule has 12 heteroatoms. The van der Waals surface area contributed by atoms with E-state index in [0.29, 0.717) is 0 Å². The van der Waals surface area contributed by atoms with Gasteiger partial charge < -0.3 is 14.6 Å². The van der Waals surface area contributed by atoms with Crippen molar-refractivity contribution in [2.24, 2.45) is 0 Å². The first kappa shape index (κ1) is 19.2. The molecule has 0 aromatic carbocycles. The SMILES string of the molecule is OCCOCC(F)(F)C(F)(F)OCC(F)(F)C(F)(F)F. The molecule has 0 unspecified atom stereocenters. The van der Waals surface area contributed by atoms with Crippen LogP contribution in [0.15, 0.2) is 0 Å². The lowest BCUT2D eigenvalue weighted by Crippen LogP contribution is -2.50. The van der Waals surface area contributed by atoms with Crippen molar-refractivity contribution in [3.63, 3.8) is 0 Å². The number of alkyl halides is 9. The number of rotatable bonds is 8. The summed E-state index contributed by atoms with van der Waals surface area (Å²) in [5.74, 6) is -10.9. The van der Waals surface area contributed by atoms with Gasteiger partial charge in [-0.15, -0.1) is 0 Å². The Morgan fingerprint density at radius 2 is 1.25 bits per heavy atom. The predicted molar refractivity (Wildman–Crippen MR) is 44.8 cm³/mol. The highest BCUT2D eigenvalue weighted by Gasteiger charge is 2.63. The quantitative estimate of drug-likeness (QED) is 0.551. The van der Waals surface area contributed by atoms with E-state index in [2.05, 4.69) is 9.47 Å². The number of ether oxygens (including phenoxy) is 2. The highest BCUT2D eigenvalue weighted by atomic mass is 19.4. The molecule has 0 aliphatic heterocycles. The molecule has 0 spiro atoms. The Balaban J connectivity index is 4.65. The van der Waals surface area contributed by atoms with E-state index in [1.165, 1.54) is 0 Å². The van der Waals surface area contributed by atoms with Gasteiger partial charge in [0.2, 0.25) is 0 Å². The zero-order valence-corrected chi connectivity index (χ0v) is 9.49. The molecule has 20 heavy (non-hydrogen) atoms. The van der Waals surface area contributed by atoms with Gasteiger partial charge in [0, 0.05) is 0 Å². The zero-order valence-electron chi connectivity index (χ0n) is 9.49. The molecule has 0 aliphatic carbocycles. The summed E-state index contributed by atoms with van der Waals surface area (Å²) in [4.78, 5) is 0. The van der Waals surface area contributed by atoms with Crippen molar-refractivity contribution in [1.29, 1.82) is 0 Å².